The van der Waals surface area contributed by atoms with Gasteiger partial charge in [-0.15, -0.1) is 0 Å². The molecule has 2 aromatic heterocycles. The van der Waals surface area contributed by atoms with Gasteiger partial charge in [-0.1, -0.05) is 81.5 Å². The van der Waals surface area contributed by atoms with Gasteiger partial charge in [0.2, 0.25) is 11.8 Å². The Bertz CT molecular complexity index is 2380. The normalized spacial score (nSPS) is 18.8. The number of fused-ring (bicyclic) bond motifs is 1. The third-order valence-electron chi connectivity index (χ3n) is 12.0. The monoisotopic (exact) mass is 848 g/mol. The number of methoxy groups -OCH3 is 3. The quantitative estimate of drug-likeness (QED) is 0.0942. The van der Waals surface area contributed by atoms with Crippen LogP contribution >= 0.6 is 0 Å². The van der Waals surface area contributed by atoms with Crippen LogP contribution in [-0.2, 0) is 23.8 Å². The van der Waals surface area contributed by atoms with Crippen molar-refractivity contribution in [1.29, 1.82) is 0 Å². The van der Waals surface area contributed by atoms with E-state index in [1.807, 2.05) is 35.9 Å². The van der Waals surface area contributed by atoms with Crippen LogP contribution < -0.4 is 10.6 Å². The zero-order chi connectivity index (χ0) is 43.6. The number of hydrogen-bond acceptors (Lipinski definition) is 9. The molecular weight excluding hydrogens is 793 g/mol. The fraction of sp³-hybridized carbons (Fsp3) is 0.422. The molecule has 7 rings (SSSR count). The van der Waals surface area contributed by atoms with Crippen molar-refractivity contribution in [3.8, 4) is 33.5 Å². The van der Waals surface area contributed by atoms with E-state index in [1.54, 1.807) is 6.92 Å². The van der Waals surface area contributed by atoms with Crippen molar-refractivity contribution >= 4 is 43.1 Å². The number of benzene rings is 3. The molecule has 322 valence electrons. The van der Waals surface area contributed by atoms with Gasteiger partial charge in [0.15, 0.2) is 0 Å². The molecule has 4 heterocycles. The molecule has 3 aromatic carbocycles. The Morgan fingerprint density at radius 2 is 1.31 bits per heavy atom. The Labute approximate surface area is 357 Å². The van der Waals surface area contributed by atoms with Gasteiger partial charge < -0.3 is 44.6 Å². The van der Waals surface area contributed by atoms with Crippen molar-refractivity contribution in [3.63, 3.8) is 0 Å². The fourth-order valence-electron chi connectivity index (χ4n) is 8.53. The van der Waals surface area contributed by atoms with E-state index in [-0.39, 0.29) is 29.8 Å². The Morgan fingerprint density at radius 3 is 1.92 bits per heavy atom. The first-order chi connectivity index (χ1) is 29.2. The standard InChI is InChI=1S/C45H56N8O7Si/c1-26(2)38(50-44(56)59-5)42(54)52-21-9-10-36(52)41-47-33-20-19-32(22-34(33)48-41)30-13-11-28(12-14-30)29-15-17-31(18-16-29)35-23-46-40(49-35)37-24-61(7,8)25-53(37)43(55)39(27(3)58-4)51-45(57)60-6/h11-20,22-23,26-27,36-39H,9-10,21,24-25H2,1-8H3,(H,46,49)(H,47,48)(H,50,56)(H,51,57)/t27?,36-,37-,38-,39-/m0/s1. The molecule has 2 aliphatic heterocycles. The van der Waals surface area contributed by atoms with Crippen molar-refractivity contribution in [1.82, 2.24) is 40.4 Å². The van der Waals surface area contributed by atoms with E-state index >= 15 is 0 Å². The van der Waals surface area contributed by atoms with E-state index in [4.69, 9.17) is 24.2 Å². The smallest absolute Gasteiger partial charge is 0.407 e. The molecule has 4 amide bonds. The maximum absolute atomic E-state index is 13.9. The molecule has 0 radical (unpaired) electrons. The second-order valence-corrected chi connectivity index (χ2v) is 22.2. The van der Waals surface area contributed by atoms with Gasteiger partial charge in [-0.2, -0.15) is 0 Å². The van der Waals surface area contributed by atoms with Crippen LogP contribution in [0.1, 0.15) is 57.3 Å². The van der Waals surface area contributed by atoms with Gasteiger partial charge in [0.05, 0.1) is 63.4 Å². The number of aromatic amines is 2. The molecule has 16 heteroatoms. The maximum atomic E-state index is 13.9. The van der Waals surface area contributed by atoms with Gasteiger partial charge in [0.25, 0.3) is 0 Å². The van der Waals surface area contributed by atoms with E-state index in [1.165, 1.54) is 21.3 Å². The molecule has 5 atom stereocenters. The van der Waals surface area contributed by atoms with Crippen LogP contribution in [0.3, 0.4) is 0 Å². The predicted octanol–water partition coefficient (Wildman–Crippen LogP) is 7.22. The summed E-state index contributed by atoms with van der Waals surface area (Å²) in [6.45, 7) is 10.7. The number of aromatic nitrogens is 4. The van der Waals surface area contributed by atoms with Gasteiger partial charge in [-0.05, 0) is 71.7 Å². The molecule has 0 aliphatic carbocycles. The molecule has 15 nitrogen and oxygen atoms in total. The molecule has 61 heavy (non-hydrogen) atoms. The van der Waals surface area contributed by atoms with Gasteiger partial charge >= 0.3 is 12.2 Å². The average molecular weight is 849 g/mol. The first-order valence-electron chi connectivity index (χ1n) is 20.8. The summed E-state index contributed by atoms with van der Waals surface area (Å²) in [5.74, 6) is 0.983. The van der Waals surface area contributed by atoms with Crippen LogP contribution in [0.15, 0.2) is 72.9 Å². The highest BCUT2D eigenvalue weighted by atomic mass is 28.3. The summed E-state index contributed by atoms with van der Waals surface area (Å²) in [5.41, 5.74) is 7.76. The van der Waals surface area contributed by atoms with Gasteiger partial charge in [0.1, 0.15) is 23.7 Å². The van der Waals surface area contributed by atoms with E-state index in [2.05, 4.69) is 94.4 Å². The number of likely N-dealkylation sites (tertiary alicyclic amines) is 1. The Balaban J connectivity index is 1.03. The zero-order valence-electron chi connectivity index (χ0n) is 36.1. The Kier molecular flexibility index (Phi) is 12.7. The third kappa shape index (κ3) is 9.20. The van der Waals surface area contributed by atoms with Crippen molar-refractivity contribution in [2.75, 3.05) is 34.0 Å². The van der Waals surface area contributed by atoms with Crippen molar-refractivity contribution in [2.24, 2.45) is 5.92 Å². The topological polar surface area (TPSA) is 184 Å². The first-order valence-corrected chi connectivity index (χ1v) is 24.2. The number of hydrogen-bond donors (Lipinski definition) is 4. The van der Waals surface area contributed by atoms with Crippen LogP contribution in [0.5, 0.6) is 0 Å². The number of alkyl carbamates (subject to hydrolysis) is 2. The molecule has 5 aromatic rings. The van der Waals surface area contributed by atoms with Crippen LogP contribution in [0.4, 0.5) is 9.59 Å². The number of rotatable bonds is 12. The minimum Gasteiger partial charge on any atom is -0.453 e. The number of carbonyl (C=O) groups excluding carboxylic acids is 4. The summed E-state index contributed by atoms with van der Waals surface area (Å²) in [5, 5.41) is 5.37. The average Bonchev–Trinajstić information content (AvgIpc) is 4.09. The number of carbonyl (C=O) groups is 4. The van der Waals surface area contributed by atoms with E-state index in [9.17, 15) is 19.2 Å². The summed E-state index contributed by atoms with van der Waals surface area (Å²) >= 11 is 0. The van der Waals surface area contributed by atoms with Gasteiger partial charge in [-0.3, -0.25) is 9.59 Å². The summed E-state index contributed by atoms with van der Waals surface area (Å²) < 4.78 is 15.0. The Hall–Kier alpha value is -6.00. The Morgan fingerprint density at radius 1 is 0.738 bits per heavy atom. The first kappa shape index (κ1) is 43.1. The summed E-state index contributed by atoms with van der Waals surface area (Å²) in [6, 6.07) is 21.7. The molecule has 0 bridgehead atoms. The van der Waals surface area contributed by atoms with Crippen LogP contribution in [0.2, 0.25) is 19.1 Å². The summed E-state index contributed by atoms with van der Waals surface area (Å²) in [6.07, 6.45) is 2.20. The minimum atomic E-state index is -1.79. The molecule has 2 aliphatic rings. The number of H-pyrrole nitrogens is 2. The lowest BCUT2D eigenvalue weighted by Crippen LogP contribution is -2.54. The maximum Gasteiger partial charge on any atom is 0.407 e. The summed E-state index contributed by atoms with van der Waals surface area (Å²) in [7, 11) is 2.28. The molecule has 0 spiro atoms. The van der Waals surface area contributed by atoms with Crippen LogP contribution in [0, 0.1) is 5.92 Å². The highest BCUT2D eigenvalue weighted by molar-refractivity contribution is 6.78. The number of imidazole rings is 2. The largest absolute Gasteiger partial charge is 0.453 e. The molecule has 2 saturated heterocycles. The van der Waals surface area contributed by atoms with Gasteiger partial charge in [0, 0.05) is 19.8 Å². The third-order valence-corrected chi connectivity index (χ3v) is 14.7. The SMILES string of the molecule is COC(=O)N[C@H](C(=O)N1CCC[C@H]1c1nc2cc(-c3ccc(-c4ccc(-c5cnc([C@@H]6C[Si](C)(C)CN6C(=O)[C@@H](NC(=O)OC)C(C)OC)[nH]5)cc4)cc3)ccc2[nH]1)C(C)C. The molecule has 0 saturated carbocycles. The highest BCUT2D eigenvalue weighted by Gasteiger charge is 2.46. The van der Waals surface area contributed by atoms with Crippen LogP contribution in [0.25, 0.3) is 44.5 Å². The van der Waals surface area contributed by atoms with E-state index in [0.717, 1.165) is 69.3 Å². The predicted molar refractivity (Wildman–Crippen MR) is 235 cm³/mol. The fourth-order valence-corrected chi connectivity index (χ4v) is 11.4. The zero-order valence-corrected chi connectivity index (χ0v) is 37.1. The molecule has 1 unspecified atom stereocenters. The number of nitrogens with zero attached hydrogens (tertiary/aromatic N) is 4. The summed E-state index contributed by atoms with van der Waals surface area (Å²) in [4.78, 5) is 72.0. The second kappa shape index (κ2) is 17.9. The highest BCUT2D eigenvalue weighted by Crippen LogP contribution is 2.39. The molecular formula is C45H56N8O7Si. The number of ether oxygens (including phenoxy) is 3. The number of nitrogens with one attached hydrogen (secondary N) is 4. The van der Waals surface area contributed by atoms with Crippen molar-refractivity contribution < 1.29 is 33.4 Å². The second-order valence-electron chi connectivity index (χ2n) is 17.1. The van der Waals surface area contributed by atoms with Crippen molar-refractivity contribution in [2.45, 2.75) is 83.0 Å². The number of amides is 4. The van der Waals surface area contributed by atoms with E-state index < -0.39 is 38.4 Å². The lowest BCUT2D eigenvalue weighted by atomic mass is 9.99. The molecule has 4 N–H and O–H groups in total. The van der Waals surface area contributed by atoms with Crippen molar-refractivity contribution in [3.05, 3.63) is 84.6 Å². The van der Waals surface area contributed by atoms with Crippen LogP contribution in [-0.4, -0.2) is 114 Å². The molecule has 2 fully saturated rings. The lowest BCUT2D eigenvalue weighted by Gasteiger charge is -2.31. The van der Waals surface area contributed by atoms with E-state index in [0.29, 0.717) is 18.5 Å². The van der Waals surface area contributed by atoms with Gasteiger partial charge in [-0.25, -0.2) is 19.6 Å². The minimum absolute atomic E-state index is 0.109. The lowest BCUT2D eigenvalue weighted by molar-refractivity contribution is -0.137.